The molecule has 0 aliphatic carbocycles. The first-order valence-electron chi connectivity index (χ1n) is 4.37. The summed E-state index contributed by atoms with van der Waals surface area (Å²) < 4.78 is 66.6. The van der Waals surface area contributed by atoms with E-state index in [-0.39, 0.29) is 17.1 Å². The fourth-order valence-corrected chi connectivity index (χ4v) is 0.906. The summed E-state index contributed by atoms with van der Waals surface area (Å²) in [7, 11) is -6.00. The first-order chi connectivity index (χ1) is 9.47. The Morgan fingerprint density at radius 2 is 1.19 bits per heavy atom. The Morgan fingerprint density at radius 1 is 0.810 bits per heavy atom. The van der Waals surface area contributed by atoms with Crippen molar-refractivity contribution < 1.29 is 52.7 Å². The summed E-state index contributed by atoms with van der Waals surface area (Å²) in [5, 5.41) is 1.16. The van der Waals surface area contributed by atoms with Gasteiger partial charge in [0.05, 0.1) is 6.26 Å². The molecule has 1 heterocycles. The van der Waals surface area contributed by atoms with E-state index in [2.05, 4.69) is 20.0 Å². The first kappa shape index (κ1) is 27.6. The van der Waals surface area contributed by atoms with Crippen LogP contribution in [0.3, 0.4) is 0 Å². The Balaban J connectivity index is -0.000000106. The summed E-state index contributed by atoms with van der Waals surface area (Å²) in [4.78, 5) is 0. The molecule has 0 unspecified atom stereocenters. The second-order valence-electron chi connectivity index (χ2n) is 2.45. The van der Waals surface area contributed by atoms with Crippen LogP contribution in [0.15, 0.2) is 41.0 Å². The summed E-state index contributed by atoms with van der Waals surface area (Å²) in [6, 6.07) is 9.90. The maximum absolute atomic E-state index is 9.75. The van der Waals surface area contributed by atoms with Gasteiger partial charge in [0.25, 0.3) is 0 Å². The number of hydrogen-bond acceptors (Lipinski definition) is 1. The van der Waals surface area contributed by atoms with E-state index >= 15 is 0 Å². The van der Waals surface area contributed by atoms with Gasteiger partial charge in [0.15, 0.2) is 0 Å². The second kappa shape index (κ2) is 18.3. The first-order valence-corrected chi connectivity index (χ1v) is 4.37. The molecule has 4 nitrogen and oxygen atoms in total. The molecule has 1 radical (unpaired) electrons. The zero-order valence-corrected chi connectivity index (χ0v) is 11.2. The van der Waals surface area contributed by atoms with Crippen LogP contribution in [0, 0.1) is 20.0 Å². The largest absolute Gasteiger partial charge is 0.464 e. The standard InChI is InChI=1S/C8H6O.3CO.BF4.Mn/c1-2-4-8-7(3-1)5-6-9-8;3*1-2;2-1(3,4)5;/h1-6H;;;;;/q;;;;-1;. The van der Waals surface area contributed by atoms with Gasteiger partial charge in [-0.25, -0.2) is 0 Å². The SMILES string of the molecule is F[B-](F)(F)F.[C-]#[O+].[C-]#[O+].[C-]#[O+].[Mn].c1ccc2occc2c1. The molecule has 0 fully saturated rings. The van der Waals surface area contributed by atoms with Gasteiger partial charge in [-0.05, 0) is 12.1 Å². The molecule has 2 rings (SSSR count). The van der Waals surface area contributed by atoms with Crippen LogP contribution in [0.1, 0.15) is 0 Å². The van der Waals surface area contributed by atoms with Crippen molar-refractivity contribution in [2.45, 2.75) is 0 Å². The third-order valence-electron chi connectivity index (χ3n) is 1.36. The van der Waals surface area contributed by atoms with Gasteiger partial charge in [-0.1, -0.05) is 18.2 Å². The predicted molar refractivity (Wildman–Crippen MR) is 58.2 cm³/mol. The minimum Gasteiger partial charge on any atom is -0.464 e. The number of furan rings is 1. The molecule has 0 N–H and O–H groups in total. The predicted octanol–water partition coefficient (Wildman–Crippen LogP) is 3.62. The molecular weight excluding hydrogens is 338 g/mol. The summed E-state index contributed by atoms with van der Waals surface area (Å²) in [6.07, 6.45) is 1.70. The van der Waals surface area contributed by atoms with Crippen molar-refractivity contribution in [2.75, 3.05) is 0 Å². The van der Waals surface area contributed by atoms with Crippen molar-refractivity contribution in [3.8, 4) is 0 Å². The van der Waals surface area contributed by atoms with E-state index in [0.717, 1.165) is 11.0 Å². The van der Waals surface area contributed by atoms with Gasteiger partial charge in [0, 0.05) is 22.5 Å². The van der Waals surface area contributed by atoms with E-state index in [1.807, 2.05) is 30.3 Å². The molecule has 0 bridgehead atoms. The minimum absolute atomic E-state index is 0. The van der Waals surface area contributed by atoms with Crippen LogP contribution in [0.5, 0.6) is 0 Å². The fourth-order valence-electron chi connectivity index (χ4n) is 0.906. The van der Waals surface area contributed by atoms with E-state index in [4.69, 9.17) is 18.4 Å². The number of para-hydroxylation sites is 1. The quantitative estimate of drug-likeness (QED) is 0.311. The molecule has 0 aliphatic heterocycles. The number of benzene rings is 1. The van der Waals surface area contributed by atoms with Crippen LogP contribution >= 0.6 is 0 Å². The van der Waals surface area contributed by atoms with Crippen LogP contribution in [0.25, 0.3) is 11.0 Å². The van der Waals surface area contributed by atoms with Crippen molar-refractivity contribution in [2.24, 2.45) is 0 Å². The topological polar surface area (TPSA) is 72.8 Å². The number of fused-ring (bicyclic) bond motifs is 1. The maximum Gasteiger partial charge on any atom is 0.133 e. The Kier molecular flexibility index (Phi) is 24.0. The number of rotatable bonds is 0. The summed E-state index contributed by atoms with van der Waals surface area (Å²) in [5.74, 6) is 0. The maximum atomic E-state index is 9.75. The summed E-state index contributed by atoms with van der Waals surface area (Å²) >= 11 is 0. The fraction of sp³-hybridized carbons (Fsp3) is 0. The molecule has 0 aliphatic rings. The van der Waals surface area contributed by atoms with Crippen molar-refractivity contribution in [3.05, 3.63) is 56.5 Å². The van der Waals surface area contributed by atoms with Gasteiger partial charge >= 0.3 is 41.2 Å². The van der Waals surface area contributed by atoms with Gasteiger partial charge < -0.3 is 21.7 Å². The molecule has 10 heteroatoms. The third-order valence-corrected chi connectivity index (χ3v) is 1.36. The number of halogens is 4. The van der Waals surface area contributed by atoms with Gasteiger partial charge in [0.2, 0.25) is 0 Å². The third kappa shape index (κ3) is 20.8. The van der Waals surface area contributed by atoms with E-state index in [9.17, 15) is 17.3 Å². The number of hydrogen-bond donors (Lipinski definition) is 0. The zero-order valence-electron chi connectivity index (χ0n) is 10.1. The van der Waals surface area contributed by atoms with Crippen LogP contribution in [0.2, 0.25) is 0 Å². The molecule has 0 saturated heterocycles. The molecule has 0 atom stereocenters. The van der Waals surface area contributed by atoms with Crippen LogP contribution in [-0.2, 0) is 31.0 Å². The Labute approximate surface area is 128 Å². The molecule has 1 aromatic heterocycles. The molecule has 0 spiro atoms. The average Bonchev–Trinajstić information content (AvgIpc) is 2.92. The van der Waals surface area contributed by atoms with Crippen molar-refractivity contribution >= 4 is 18.2 Å². The van der Waals surface area contributed by atoms with Crippen LogP contribution in [0.4, 0.5) is 17.3 Å². The van der Waals surface area contributed by atoms with Crippen molar-refractivity contribution in [1.82, 2.24) is 0 Å². The molecule has 0 amide bonds. The minimum atomic E-state index is -6.00. The van der Waals surface area contributed by atoms with Gasteiger partial charge in [-0.2, -0.15) is 0 Å². The van der Waals surface area contributed by atoms with E-state index in [1.54, 1.807) is 6.26 Å². The van der Waals surface area contributed by atoms with Crippen LogP contribution < -0.4 is 0 Å². The Bertz CT molecular complexity index is 471. The molecule has 0 saturated carbocycles. The molecule has 1 aromatic carbocycles. The van der Waals surface area contributed by atoms with Gasteiger partial charge in [-0.15, -0.1) is 0 Å². The van der Waals surface area contributed by atoms with Gasteiger partial charge in [0.1, 0.15) is 5.58 Å². The molecule has 21 heavy (non-hydrogen) atoms. The smallest absolute Gasteiger partial charge is 0.133 e. The average molecular weight is 344 g/mol. The second-order valence-corrected chi connectivity index (χ2v) is 2.45. The molecule has 113 valence electrons. The normalized spacial score (nSPS) is 7.52. The Morgan fingerprint density at radius 3 is 1.57 bits per heavy atom. The van der Waals surface area contributed by atoms with E-state index in [1.165, 1.54) is 0 Å². The van der Waals surface area contributed by atoms with Crippen molar-refractivity contribution in [1.29, 1.82) is 0 Å². The van der Waals surface area contributed by atoms with Crippen molar-refractivity contribution in [3.63, 3.8) is 0 Å². The summed E-state index contributed by atoms with van der Waals surface area (Å²) in [5.41, 5.74) is 0.956. The Hall–Kier alpha value is -1.72. The molecular formula is C11H6BF4MnO4-. The van der Waals surface area contributed by atoms with E-state index < -0.39 is 7.25 Å². The zero-order chi connectivity index (χ0) is 16.6. The van der Waals surface area contributed by atoms with E-state index in [0.29, 0.717) is 0 Å². The monoisotopic (exact) mass is 344 g/mol. The van der Waals surface area contributed by atoms with Gasteiger partial charge in [-0.3, -0.25) is 0 Å². The van der Waals surface area contributed by atoms with Crippen LogP contribution in [-0.4, -0.2) is 7.25 Å². The molecule has 2 aromatic rings. The summed E-state index contributed by atoms with van der Waals surface area (Å²) in [6.45, 7) is 13.5.